The van der Waals surface area contributed by atoms with E-state index in [0.717, 1.165) is 64.2 Å². The molecule has 0 aliphatic carbocycles. The third-order valence-electron chi connectivity index (χ3n) is 13.5. The van der Waals surface area contributed by atoms with Crippen LogP contribution in [0, 0.1) is 0 Å². The molecule has 0 radical (unpaired) electrons. The molecule has 0 amide bonds. The third kappa shape index (κ3) is 58.2. The summed E-state index contributed by atoms with van der Waals surface area (Å²) in [6.07, 6.45) is 78.2. The molecule has 0 saturated heterocycles. The van der Waals surface area contributed by atoms with E-state index in [1.165, 1.54) is 218 Å². The molecule has 5 nitrogen and oxygen atoms in total. The van der Waals surface area contributed by atoms with E-state index in [1.807, 2.05) is 0 Å². The maximum atomic E-state index is 12.9. The van der Waals surface area contributed by atoms with Crippen LogP contribution in [0.3, 0.4) is 0 Å². The number of esters is 2. The van der Waals surface area contributed by atoms with Crippen molar-refractivity contribution in [2.75, 3.05) is 19.8 Å². The van der Waals surface area contributed by atoms with Gasteiger partial charge in [-0.3, -0.25) is 9.59 Å². The van der Waals surface area contributed by atoms with Gasteiger partial charge in [0.25, 0.3) is 0 Å². The Kier molecular flexibility index (Phi) is 58.8. The quantitative estimate of drug-likeness (QED) is 0.0345. The molecule has 70 heavy (non-hydrogen) atoms. The molecule has 408 valence electrons. The molecule has 0 heterocycles. The minimum Gasteiger partial charge on any atom is -0.462 e. The summed E-state index contributed by atoms with van der Waals surface area (Å²) < 4.78 is 17.5. The second-order valence-electron chi connectivity index (χ2n) is 20.6. The third-order valence-corrected chi connectivity index (χ3v) is 13.5. The van der Waals surface area contributed by atoms with Crippen molar-refractivity contribution in [2.45, 2.75) is 322 Å². The zero-order chi connectivity index (χ0) is 50.6. The normalized spacial score (nSPS) is 12.6. The summed E-state index contributed by atoms with van der Waals surface area (Å²) >= 11 is 0. The minimum atomic E-state index is -0.546. The van der Waals surface area contributed by atoms with Crippen LogP contribution in [0.15, 0.2) is 60.8 Å². The van der Waals surface area contributed by atoms with Crippen molar-refractivity contribution in [2.24, 2.45) is 0 Å². The summed E-state index contributed by atoms with van der Waals surface area (Å²) in [5.74, 6) is -0.402. The van der Waals surface area contributed by atoms with E-state index in [-0.39, 0.29) is 25.2 Å². The van der Waals surface area contributed by atoms with Gasteiger partial charge in [-0.25, -0.2) is 0 Å². The first-order valence-corrected chi connectivity index (χ1v) is 30.8. The van der Waals surface area contributed by atoms with Crippen LogP contribution in [0.1, 0.15) is 316 Å². The van der Waals surface area contributed by atoms with Crippen molar-refractivity contribution in [1.82, 2.24) is 0 Å². The average molecular weight is 980 g/mol. The van der Waals surface area contributed by atoms with Crippen molar-refractivity contribution in [3.8, 4) is 0 Å². The zero-order valence-electron chi connectivity index (χ0n) is 47.0. The summed E-state index contributed by atoms with van der Waals surface area (Å²) in [5, 5.41) is 0. The fourth-order valence-electron chi connectivity index (χ4n) is 8.86. The number of allylic oxidation sites excluding steroid dienone is 10. The summed E-state index contributed by atoms with van der Waals surface area (Å²) in [7, 11) is 0. The Hall–Kier alpha value is -2.40. The van der Waals surface area contributed by atoms with Crippen LogP contribution in [0.2, 0.25) is 0 Å². The number of carbonyl (C=O) groups is 2. The molecule has 0 aromatic carbocycles. The van der Waals surface area contributed by atoms with E-state index in [2.05, 4.69) is 81.5 Å². The molecule has 0 fully saturated rings. The second kappa shape index (κ2) is 60.9. The van der Waals surface area contributed by atoms with Gasteiger partial charge >= 0.3 is 11.9 Å². The van der Waals surface area contributed by atoms with E-state index < -0.39 is 6.10 Å². The van der Waals surface area contributed by atoms with Gasteiger partial charge < -0.3 is 14.2 Å². The first-order chi connectivity index (χ1) is 34.6. The van der Waals surface area contributed by atoms with Crippen LogP contribution in [0.4, 0.5) is 0 Å². The molecule has 0 rings (SSSR count). The number of rotatable bonds is 57. The summed E-state index contributed by atoms with van der Waals surface area (Å²) in [4.78, 5) is 25.6. The highest BCUT2D eigenvalue weighted by molar-refractivity contribution is 5.70. The van der Waals surface area contributed by atoms with Gasteiger partial charge in [0.2, 0.25) is 0 Å². The highest BCUT2D eigenvalue weighted by Gasteiger charge is 2.17. The Morgan fingerprint density at radius 1 is 0.314 bits per heavy atom. The number of unbranched alkanes of at least 4 members (excludes halogenated alkanes) is 36. The molecule has 1 atom stereocenters. The molecule has 0 aliphatic rings. The lowest BCUT2D eigenvalue weighted by Gasteiger charge is -2.18. The average Bonchev–Trinajstić information content (AvgIpc) is 3.36. The summed E-state index contributed by atoms with van der Waals surface area (Å²) in [6.45, 7) is 7.80. The standard InChI is InChI=1S/C65H118O5/c1-4-7-10-13-16-19-22-25-28-31-32-33-36-39-42-45-48-51-54-57-60-68-61-63(70-65(67)59-56-53-50-47-44-41-38-35-30-27-24-21-18-15-12-9-6-3)62-69-64(66)58-55-52-49-46-43-40-37-34-29-26-23-20-17-14-11-8-5-2/h17-18,20-21,25-30,63H,4-16,19,22-24,31-62H2,1-3H3/b20-17-,21-18-,28-25-,29-26-,30-27-. The molecule has 0 N–H and O–H groups in total. The van der Waals surface area contributed by atoms with Crippen LogP contribution in [-0.4, -0.2) is 37.9 Å². The Morgan fingerprint density at radius 2 is 0.600 bits per heavy atom. The van der Waals surface area contributed by atoms with Gasteiger partial charge in [0.1, 0.15) is 6.61 Å². The molecule has 0 aliphatic heterocycles. The lowest BCUT2D eigenvalue weighted by atomic mass is 10.1. The number of hydrogen-bond acceptors (Lipinski definition) is 5. The van der Waals surface area contributed by atoms with Gasteiger partial charge in [-0.2, -0.15) is 0 Å². The second-order valence-corrected chi connectivity index (χ2v) is 20.6. The Morgan fingerprint density at radius 3 is 0.986 bits per heavy atom. The molecular formula is C65H118O5. The van der Waals surface area contributed by atoms with Crippen molar-refractivity contribution in [1.29, 1.82) is 0 Å². The van der Waals surface area contributed by atoms with E-state index >= 15 is 0 Å². The highest BCUT2D eigenvalue weighted by atomic mass is 16.6. The molecule has 0 aromatic heterocycles. The van der Waals surface area contributed by atoms with Gasteiger partial charge in [-0.15, -0.1) is 0 Å². The van der Waals surface area contributed by atoms with Crippen LogP contribution in [0.5, 0.6) is 0 Å². The first kappa shape index (κ1) is 67.6. The molecule has 0 aromatic rings. The minimum absolute atomic E-state index is 0.0785. The molecule has 0 saturated carbocycles. The van der Waals surface area contributed by atoms with E-state index in [1.54, 1.807) is 0 Å². The number of carbonyl (C=O) groups excluding carboxylic acids is 2. The van der Waals surface area contributed by atoms with Crippen LogP contribution in [-0.2, 0) is 23.8 Å². The summed E-state index contributed by atoms with van der Waals surface area (Å²) in [5.41, 5.74) is 0. The Balaban J connectivity index is 4.28. The van der Waals surface area contributed by atoms with Crippen molar-refractivity contribution < 1.29 is 23.8 Å². The predicted molar refractivity (Wildman–Crippen MR) is 307 cm³/mol. The van der Waals surface area contributed by atoms with Crippen molar-refractivity contribution in [3.05, 3.63) is 60.8 Å². The fraction of sp³-hybridized carbons (Fsp3) is 0.815. The first-order valence-electron chi connectivity index (χ1n) is 30.8. The Bertz CT molecular complexity index is 1200. The van der Waals surface area contributed by atoms with Crippen molar-refractivity contribution in [3.63, 3.8) is 0 Å². The van der Waals surface area contributed by atoms with E-state index in [9.17, 15) is 9.59 Å². The molecule has 0 spiro atoms. The topological polar surface area (TPSA) is 61.8 Å². The van der Waals surface area contributed by atoms with Gasteiger partial charge in [-0.05, 0) is 109 Å². The van der Waals surface area contributed by atoms with Crippen LogP contribution >= 0.6 is 0 Å². The van der Waals surface area contributed by atoms with Crippen LogP contribution in [0.25, 0.3) is 0 Å². The molecule has 1 unspecified atom stereocenters. The SMILES string of the molecule is CCCCC/C=C\C/C=C\CCCCCCCCCC(=O)OCC(COCCCCCCCCCCCC/C=C\CCCCCCCC)OC(=O)CCCCCCCCC/C=C\C/C=C\CCCCC. The monoisotopic (exact) mass is 979 g/mol. The predicted octanol–water partition coefficient (Wildman–Crippen LogP) is 21.2. The smallest absolute Gasteiger partial charge is 0.306 e. The lowest BCUT2D eigenvalue weighted by molar-refractivity contribution is -0.163. The lowest BCUT2D eigenvalue weighted by Crippen LogP contribution is -2.30. The zero-order valence-corrected chi connectivity index (χ0v) is 47.0. The highest BCUT2D eigenvalue weighted by Crippen LogP contribution is 2.16. The summed E-state index contributed by atoms with van der Waals surface area (Å²) in [6, 6.07) is 0. The molecule has 0 bridgehead atoms. The van der Waals surface area contributed by atoms with E-state index in [0.29, 0.717) is 19.4 Å². The van der Waals surface area contributed by atoms with E-state index in [4.69, 9.17) is 14.2 Å². The van der Waals surface area contributed by atoms with Gasteiger partial charge in [-0.1, -0.05) is 255 Å². The number of hydrogen-bond donors (Lipinski definition) is 0. The van der Waals surface area contributed by atoms with Gasteiger partial charge in [0.05, 0.1) is 6.61 Å². The fourth-order valence-corrected chi connectivity index (χ4v) is 8.86. The Labute approximate surface area is 436 Å². The molecular weight excluding hydrogens is 861 g/mol. The maximum absolute atomic E-state index is 12.9. The maximum Gasteiger partial charge on any atom is 0.306 e. The largest absolute Gasteiger partial charge is 0.462 e. The van der Waals surface area contributed by atoms with Crippen molar-refractivity contribution >= 4 is 11.9 Å². The van der Waals surface area contributed by atoms with Gasteiger partial charge in [0.15, 0.2) is 6.10 Å². The van der Waals surface area contributed by atoms with Gasteiger partial charge in [0, 0.05) is 19.4 Å². The van der Waals surface area contributed by atoms with Crippen LogP contribution < -0.4 is 0 Å². The molecule has 5 heteroatoms. The number of ether oxygens (including phenoxy) is 3.